The minimum Gasteiger partial charge on any atom is -0.480 e. The number of hydrogen-bond donors (Lipinski definition) is 3. The number of benzene rings is 2. The van der Waals surface area contributed by atoms with Gasteiger partial charge in [-0.15, -0.1) is 0 Å². The maximum absolute atomic E-state index is 12.7. The summed E-state index contributed by atoms with van der Waals surface area (Å²) in [5.74, 6) is -1.28. The number of ether oxygens (including phenoxy) is 1. The number of carbonyl (C=O) groups excluding carboxylic acids is 2. The molecule has 1 unspecified atom stereocenters. The summed E-state index contributed by atoms with van der Waals surface area (Å²) in [5.41, 5.74) is 3.77. The van der Waals surface area contributed by atoms with Gasteiger partial charge in [0.2, 0.25) is 5.91 Å². The van der Waals surface area contributed by atoms with Gasteiger partial charge in [-0.2, -0.15) is 0 Å². The first-order chi connectivity index (χ1) is 16.1. The van der Waals surface area contributed by atoms with E-state index >= 15 is 0 Å². The van der Waals surface area contributed by atoms with Crippen LogP contribution in [0.1, 0.15) is 57.6 Å². The number of fused-ring (bicyclic) bond motifs is 3. The molecule has 2 amide bonds. The second-order valence-electron chi connectivity index (χ2n) is 9.88. The second-order valence-corrected chi connectivity index (χ2v) is 9.88. The van der Waals surface area contributed by atoms with Gasteiger partial charge in [0.25, 0.3) is 0 Å². The van der Waals surface area contributed by atoms with Crippen LogP contribution in [-0.4, -0.2) is 42.3 Å². The van der Waals surface area contributed by atoms with Crippen molar-refractivity contribution >= 4 is 18.0 Å². The molecule has 1 aliphatic rings. The molecule has 3 rings (SSSR count). The van der Waals surface area contributed by atoms with Crippen LogP contribution in [0.4, 0.5) is 4.79 Å². The smallest absolute Gasteiger partial charge is 0.407 e. The number of carbonyl (C=O) groups is 3. The molecule has 0 saturated heterocycles. The Morgan fingerprint density at radius 1 is 1.00 bits per heavy atom. The van der Waals surface area contributed by atoms with Gasteiger partial charge in [-0.05, 0) is 41.0 Å². The Kier molecular flexibility index (Phi) is 7.97. The number of amides is 2. The predicted molar refractivity (Wildman–Crippen MR) is 130 cm³/mol. The number of aliphatic carboxylic acids is 1. The van der Waals surface area contributed by atoms with Crippen molar-refractivity contribution in [1.82, 2.24) is 10.6 Å². The lowest BCUT2D eigenvalue weighted by molar-refractivity contribution is -0.144. The first kappa shape index (κ1) is 25.3. The quantitative estimate of drug-likeness (QED) is 0.476. The third-order valence-corrected chi connectivity index (χ3v) is 6.29. The minimum absolute atomic E-state index is 0.0192. The van der Waals surface area contributed by atoms with E-state index in [1.165, 1.54) is 0 Å². The van der Waals surface area contributed by atoms with Gasteiger partial charge in [0, 0.05) is 17.9 Å². The molecule has 7 heteroatoms. The van der Waals surface area contributed by atoms with Crippen molar-refractivity contribution in [1.29, 1.82) is 0 Å². The number of carboxylic acid groups (broad SMARTS) is 1. The van der Waals surface area contributed by atoms with E-state index in [-0.39, 0.29) is 30.9 Å². The minimum atomic E-state index is -1.05. The molecule has 0 aromatic heterocycles. The Labute approximate surface area is 200 Å². The molecule has 0 bridgehead atoms. The summed E-state index contributed by atoms with van der Waals surface area (Å²) in [5, 5.41) is 14.7. The third-order valence-electron chi connectivity index (χ3n) is 6.29. The highest BCUT2D eigenvalue weighted by molar-refractivity contribution is 5.87. The van der Waals surface area contributed by atoms with E-state index in [4.69, 9.17) is 4.74 Å². The second kappa shape index (κ2) is 10.7. The van der Waals surface area contributed by atoms with Crippen LogP contribution in [0.5, 0.6) is 0 Å². The first-order valence-corrected chi connectivity index (χ1v) is 11.7. The summed E-state index contributed by atoms with van der Waals surface area (Å²) >= 11 is 0. The van der Waals surface area contributed by atoms with Gasteiger partial charge in [-0.1, -0.05) is 76.2 Å². The van der Waals surface area contributed by atoms with Crippen LogP contribution < -0.4 is 10.6 Å². The van der Waals surface area contributed by atoms with E-state index in [1.807, 2.05) is 38.1 Å². The summed E-state index contributed by atoms with van der Waals surface area (Å²) in [7, 11) is 0. The molecule has 182 valence electrons. The summed E-state index contributed by atoms with van der Waals surface area (Å²) in [6, 6.07) is 15.3. The fraction of sp³-hybridized carbons (Fsp3) is 0.444. The van der Waals surface area contributed by atoms with Crippen LogP contribution in [0.15, 0.2) is 48.5 Å². The zero-order valence-electron chi connectivity index (χ0n) is 20.3. The van der Waals surface area contributed by atoms with E-state index in [2.05, 4.69) is 34.9 Å². The van der Waals surface area contributed by atoms with Crippen molar-refractivity contribution in [3.05, 3.63) is 59.7 Å². The Hall–Kier alpha value is -3.35. The molecular formula is C27H34N2O5. The molecule has 1 atom stereocenters. The van der Waals surface area contributed by atoms with Crippen LogP contribution in [0.2, 0.25) is 0 Å². The van der Waals surface area contributed by atoms with Crippen LogP contribution in [0, 0.1) is 11.3 Å². The van der Waals surface area contributed by atoms with Crippen molar-refractivity contribution in [2.75, 3.05) is 13.2 Å². The van der Waals surface area contributed by atoms with E-state index in [0.29, 0.717) is 12.8 Å². The van der Waals surface area contributed by atoms with Crippen LogP contribution >= 0.6 is 0 Å². The molecule has 7 nitrogen and oxygen atoms in total. The Bertz CT molecular complexity index is 1000. The zero-order chi connectivity index (χ0) is 24.9. The van der Waals surface area contributed by atoms with Crippen LogP contribution in [0.25, 0.3) is 11.1 Å². The molecule has 0 heterocycles. The topological polar surface area (TPSA) is 105 Å². The van der Waals surface area contributed by atoms with Gasteiger partial charge in [0.1, 0.15) is 12.6 Å². The highest BCUT2D eigenvalue weighted by atomic mass is 16.5. The van der Waals surface area contributed by atoms with Crippen molar-refractivity contribution in [2.24, 2.45) is 11.3 Å². The van der Waals surface area contributed by atoms with Gasteiger partial charge in [0.15, 0.2) is 0 Å². The molecule has 0 aliphatic heterocycles. The lowest BCUT2D eigenvalue weighted by Gasteiger charge is -2.26. The average Bonchev–Trinajstić information content (AvgIpc) is 3.10. The van der Waals surface area contributed by atoms with Crippen molar-refractivity contribution < 1.29 is 24.2 Å². The number of alkyl carbamates (subject to hydrolysis) is 1. The highest BCUT2D eigenvalue weighted by Gasteiger charge is 2.32. The molecular weight excluding hydrogens is 432 g/mol. The van der Waals surface area contributed by atoms with E-state index in [0.717, 1.165) is 22.3 Å². The normalized spacial score (nSPS) is 13.7. The number of carboxylic acids is 1. The summed E-state index contributed by atoms with van der Waals surface area (Å²) in [4.78, 5) is 36.5. The fourth-order valence-electron chi connectivity index (χ4n) is 4.29. The maximum Gasteiger partial charge on any atom is 0.407 e. The highest BCUT2D eigenvalue weighted by Crippen LogP contribution is 2.44. The maximum atomic E-state index is 12.7. The molecule has 34 heavy (non-hydrogen) atoms. The van der Waals surface area contributed by atoms with E-state index < -0.39 is 23.5 Å². The van der Waals surface area contributed by atoms with Crippen LogP contribution in [-0.2, 0) is 14.3 Å². The van der Waals surface area contributed by atoms with Crippen molar-refractivity contribution in [3.63, 3.8) is 0 Å². The molecule has 0 saturated carbocycles. The van der Waals surface area contributed by atoms with E-state index in [1.54, 1.807) is 13.8 Å². The van der Waals surface area contributed by atoms with Crippen molar-refractivity contribution in [2.45, 2.75) is 52.5 Å². The first-order valence-electron chi connectivity index (χ1n) is 11.7. The van der Waals surface area contributed by atoms with Crippen molar-refractivity contribution in [3.8, 4) is 11.1 Å². The zero-order valence-corrected chi connectivity index (χ0v) is 20.3. The van der Waals surface area contributed by atoms with Gasteiger partial charge in [-0.3, -0.25) is 4.79 Å². The Morgan fingerprint density at radius 2 is 1.56 bits per heavy atom. The molecule has 2 aromatic carbocycles. The summed E-state index contributed by atoms with van der Waals surface area (Å²) < 4.78 is 5.53. The van der Waals surface area contributed by atoms with E-state index in [9.17, 15) is 19.5 Å². The number of hydrogen-bond acceptors (Lipinski definition) is 4. The largest absolute Gasteiger partial charge is 0.480 e. The van der Waals surface area contributed by atoms with Crippen LogP contribution in [0.3, 0.4) is 0 Å². The van der Waals surface area contributed by atoms with Gasteiger partial charge in [0.05, 0.1) is 0 Å². The Balaban J connectivity index is 1.50. The number of rotatable bonds is 10. The summed E-state index contributed by atoms with van der Waals surface area (Å²) in [6.07, 6.45) is 0.160. The lowest BCUT2D eigenvalue weighted by atomic mass is 9.87. The predicted octanol–water partition coefficient (Wildman–Crippen LogP) is 4.56. The molecule has 1 aliphatic carbocycles. The lowest BCUT2D eigenvalue weighted by Crippen LogP contribution is -2.48. The molecule has 2 aromatic rings. The Morgan fingerprint density at radius 3 is 2.09 bits per heavy atom. The number of nitrogens with one attached hydrogen (secondary N) is 2. The molecule has 0 fully saturated rings. The van der Waals surface area contributed by atoms with Gasteiger partial charge >= 0.3 is 12.1 Å². The SMILES string of the molecule is CC(C)CC(NC(=O)C(C)(C)CCNC(=O)OCC1c2ccccc2-c2ccccc21)C(=O)O. The third kappa shape index (κ3) is 5.95. The molecule has 0 radical (unpaired) electrons. The molecule has 0 spiro atoms. The monoisotopic (exact) mass is 466 g/mol. The van der Waals surface area contributed by atoms with Gasteiger partial charge in [-0.25, -0.2) is 9.59 Å². The fourth-order valence-corrected chi connectivity index (χ4v) is 4.29. The summed E-state index contributed by atoms with van der Waals surface area (Å²) in [6.45, 7) is 7.74. The molecule has 3 N–H and O–H groups in total. The van der Waals surface area contributed by atoms with Gasteiger partial charge < -0.3 is 20.5 Å². The standard InChI is InChI=1S/C27H34N2O5/c1-17(2)15-23(24(30)31)29-25(32)27(3,4)13-14-28-26(33)34-16-22-20-11-7-5-9-18(20)19-10-6-8-12-21(19)22/h5-12,17,22-23H,13-16H2,1-4H3,(H,28,33)(H,29,32)(H,30,31). The average molecular weight is 467 g/mol.